The van der Waals surface area contributed by atoms with Crippen LogP contribution in [-0.4, -0.2) is 46.0 Å². The molecule has 1 fully saturated rings. The summed E-state index contributed by atoms with van der Waals surface area (Å²) in [6.07, 6.45) is 5.80. The standard InChI is InChI=1S/C16H20N4O3/c1-23-11-14-13(16(21)22)10-20(18-14)9-12-4-5-15(17-8-12)19-6-2-3-7-19/h4-5,8,10H,2-3,6-7,9,11H2,1H3,(H,21,22). The van der Waals surface area contributed by atoms with Crippen molar-refractivity contribution >= 4 is 11.8 Å². The van der Waals surface area contributed by atoms with E-state index in [1.807, 2.05) is 18.3 Å². The summed E-state index contributed by atoms with van der Waals surface area (Å²) in [4.78, 5) is 18.0. The summed E-state index contributed by atoms with van der Waals surface area (Å²) in [5.41, 5.74) is 1.59. The molecule has 0 spiro atoms. The Balaban J connectivity index is 1.73. The van der Waals surface area contributed by atoms with E-state index in [2.05, 4.69) is 15.0 Å². The number of carboxylic acids is 1. The highest BCUT2D eigenvalue weighted by Crippen LogP contribution is 2.18. The molecule has 0 saturated carbocycles. The van der Waals surface area contributed by atoms with Crippen molar-refractivity contribution in [2.75, 3.05) is 25.1 Å². The first-order valence-corrected chi connectivity index (χ1v) is 7.66. The van der Waals surface area contributed by atoms with Gasteiger partial charge in [-0.3, -0.25) is 4.68 Å². The number of ether oxygens (including phenoxy) is 1. The number of aromatic nitrogens is 3. The highest BCUT2D eigenvalue weighted by Gasteiger charge is 2.16. The first kappa shape index (κ1) is 15.5. The van der Waals surface area contributed by atoms with Crippen molar-refractivity contribution in [3.05, 3.63) is 41.3 Å². The first-order chi connectivity index (χ1) is 11.2. The van der Waals surface area contributed by atoms with E-state index in [-0.39, 0.29) is 12.2 Å². The van der Waals surface area contributed by atoms with E-state index < -0.39 is 5.97 Å². The summed E-state index contributed by atoms with van der Waals surface area (Å²) in [6.45, 7) is 2.79. The maximum Gasteiger partial charge on any atom is 0.339 e. The van der Waals surface area contributed by atoms with Crippen molar-refractivity contribution < 1.29 is 14.6 Å². The van der Waals surface area contributed by atoms with E-state index >= 15 is 0 Å². The second kappa shape index (κ2) is 6.78. The number of nitrogens with zero attached hydrogens (tertiary/aromatic N) is 4. The van der Waals surface area contributed by atoms with Gasteiger partial charge in [0.2, 0.25) is 0 Å². The van der Waals surface area contributed by atoms with Crippen molar-refractivity contribution in [1.82, 2.24) is 14.8 Å². The number of pyridine rings is 1. The summed E-state index contributed by atoms with van der Waals surface area (Å²) < 4.78 is 6.61. The number of hydrogen-bond acceptors (Lipinski definition) is 5. The van der Waals surface area contributed by atoms with Crippen LogP contribution in [0.1, 0.15) is 34.5 Å². The lowest BCUT2D eigenvalue weighted by Crippen LogP contribution is -2.18. The Labute approximate surface area is 134 Å². The van der Waals surface area contributed by atoms with Crippen LogP contribution >= 0.6 is 0 Å². The zero-order valence-corrected chi connectivity index (χ0v) is 13.1. The lowest BCUT2D eigenvalue weighted by atomic mass is 10.2. The Morgan fingerprint density at radius 1 is 1.35 bits per heavy atom. The van der Waals surface area contributed by atoms with E-state index in [9.17, 15) is 9.90 Å². The molecule has 0 unspecified atom stereocenters. The second-order valence-corrected chi connectivity index (χ2v) is 5.64. The van der Waals surface area contributed by atoms with Gasteiger partial charge >= 0.3 is 5.97 Å². The SMILES string of the molecule is COCc1nn(Cc2ccc(N3CCCC3)nc2)cc1C(=O)O. The van der Waals surface area contributed by atoms with Crippen molar-refractivity contribution in [2.45, 2.75) is 26.0 Å². The molecule has 0 aromatic carbocycles. The van der Waals surface area contributed by atoms with Gasteiger partial charge in [0.15, 0.2) is 0 Å². The Morgan fingerprint density at radius 3 is 2.74 bits per heavy atom. The third-order valence-corrected chi connectivity index (χ3v) is 3.93. The first-order valence-electron chi connectivity index (χ1n) is 7.66. The molecule has 0 amide bonds. The van der Waals surface area contributed by atoms with Crippen LogP contribution in [0.2, 0.25) is 0 Å². The lowest BCUT2D eigenvalue weighted by Gasteiger charge is -2.16. The predicted octanol–water partition coefficient (Wildman–Crippen LogP) is 1.77. The number of aromatic carboxylic acids is 1. The topological polar surface area (TPSA) is 80.5 Å². The van der Waals surface area contributed by atoms with Gasteiger partial charge in [-0.25, -0.2) is 9.78 Å². The molecule has 0 radical (unpaired) electrons. The Morgan fingerprint density at radius 2 is 2.13 bits per heavy atom. The van der Waals surface area contributed by atoms with E-state index in [0.717, 1.165) is 24.5 Å². The normalized spacial score (nSPS) is 14.4. The molecule has 122 valence electrons. The number of carbonyl (C=O) groups is 1. The molecular weight excluding hydrogens is 296 g/mol. The van der Waals surface area contributed by atoms with Crippen molar-refractivity contribution in [3.63, 3.8) is 0 Å². The summed E-state index contributed by atoms with van der Waals surface area (Å²) in [7, 11) is 1.52. The Kier molecular flexibility index (Phi) is 4.57. The van der Waals surface area contributed by atoms with Crippen molar-refractivity contribution in [2.24, 2.45) is 0 Å². The molecule has 0 atom stereocenters. The zero-order valence-electron chi connectivity index (χ0n) is 13.1. The number of methoxy groups -OCH3 is 1. The largest absolute Gasteiger partial charge is 0.478 e. The molecule has 2 aromatic rings. The molecule has 2 aromatic heterocycles. The monoisotopic (exact) mass is 316 g/mol. The van der Waals surface area contributed by atoms with Gasteiger partial charge in [0.1, 0.15) is 17.1 Å². The minimum Gasteiger partial charge on any atom is -0.478 e. The second-order valence-electron chi connectivity index (χ2n) is 5.64. The molecule has 1 saturated heterocycles. The zero-order chi connectivity index (χ0) is 16.2. The van der Waals surface area contributed by atoms with Crippen molar-refractivity contribution in [1.29, 1.82) is 0 Å². The fourth-order valence-electron chi connectivity index (χ4n) is 2.79. The molecule has 1 aliphatic heterocycles. The molecule has 3 heterocycles. The molecule has 0 bridgehead atoms. The van der Waals surface area contributed by atoms with Gasteiger partial charge in [0.05, 0.1) is 13.2 Å². The molecule has 23 heavy (non-hydrogen) atoms. The fourth-order valence-corrected chi connectivity index (χ4v) is 2.79. The Hall–Kier alpha value is -2.41. The van der Waals surface area contributed by atoms with E-state index in [0.29, 0.717) is 12.2 Å². The molecule has 7 heteroatoms. The fraction of sp³-hybridized carbons (Fsp3) is 0.438. The number of rotatable bonds is 6. The van der Waals surface area contributed by atoms with Gasteiger partial charge < -0.3 is 14.7 Å². The smallest absolute Gasteiger partial charge is 0.339 e. The van der Waals surface area contributed by atoms with Crippen LogP contribution in [0.25, 0.3) is 0 Å². The van der Waals surface area contributed by atoms with Crippen LogP contribution in [0, 0.1) is 0 Å². The molecule has 1 aliphatic rings. The third kappa shape index (κ3) is 3.50. The van der Waals surface area contributed by atoms with E-state index in [1.165, 1.54) is 26.1 Å². The van der Waals surface area contributed by atoms with Gasteiger partial charge in [-0.1, -0.05) is 6.07 Å². The van der Waals surface area contributed by atoms with Gasteiger partial charge in [-0.2, -0.15) is 5.10 Å². The minimum atomic E-state index is -0.995. The van der Waals surface area contributed by atoms with E-state index in [4.69, 9.17) is 4.74 Å². The Bertz CT molecular complexity index is 675. The highest BCUT2D eigenvalue weighted by atomic mass is 16.5. The minimum absolute atomic E-state index is 0.175. The lowest BCUT2D eigenvalue weighted by molar-refractivity contribution is 0.0691. The number of anilines is 1. The quantitative estimate of drug-likeness (QED) is 0.875. The average Bonchev–Trinajstić information content (AvgIpc) is 3.18. The number of hydrogen-bond donors (Lipinski definition) is 1. The maximum absolute atomic E-state index is 11.2. The van der Waals surface area contributed by atoms with Crippen LogP contribution in [0.4, 0.5) is 5.82 Å². The van der Waals surface area contributed by atoms with Gasteiger partial charge in [0.25, 0.3) is 0 Å². The maximum atomic E-state index is 11.2. The molecular formula is C16H20N4O3. The molecule has 3 rings (SSSR count). The van der Waals surface area contributed by atoms with Crippen LogP contribution in [0.15, 0.2) is 24.5 Å². The summed E-state index contributed by atoms with van der Waals surface area (Å²) >= 11 is 0. The summed E-state index contributed by atoms with van der Waals surface area (Å²) in [5, 5.41) is 13.5. The summed E-state index contributed by atoms with van der Waals surface area (Å²) in [6, 6.07) is 4.02. The van der Waals surface area contributed by atoms with Gasteiger partial charge in [-0.05, 0) is 24.5 Å². The molecule has 7 nitrogen and oxygen atoms in total. The highest BCUT2D eigenvalue weighted by molar-refractivity contribution is 5.88. The van der Waals surface area contributed by atoms with E-state index in [1.54, 1.807) is 4.68 Å². The van der Waals surface area contributed by atoms with Gasteiger partial charge in [-0.15, -0.1) is 0 Å². The van der Waals surface area contributed by atoms with Crippen LogP contribution in [-0.2, 0) is 17.9 Å². The van der Waals surface area contributed by atoms with Crippen LogP contribution in [0.3, 0.4) is 0 Å². The van der Waals surface area contributed by atoms with Crippen LogP contribution in [0.5, 0.6) is 0 Å². The van der Waals surface area contributed by atoms with Crippen LogP contribution < -0.4 is 4.90 Å². The van der Waals surface area contributed by atoms with Crippen molar-refractivity contribution in [3.8, 4) is 0 Å². The third-order valence-electron chi connectivity index (χ3n) is 3.93. The molecule has 1 N–H and O–H groups in total. The van der Waals surface area contributed by atoms with Gasteiger partial charge in [0, 0.05) is 32.6 Å². The predicted molar refractivity (Wildman–Crippen MR) is 84.7 cm³/mol. The molecule has 0 aliphatic carbocycles. The average molecular weight is 316 g/mol. The summed E-state index contributed by atoms with van der Waals surface area (Å²) in [5.74, 6) is 0.00354. The number of carboxylic acid groups (broad SMARTS) is 1.